The zero-order valence-corrected chi connectivity index (χ0v) is 12.3. The lowest BCUT2D eigenvalue weighted by Crippen LogP contribution is -2.13. The summed E-state index contributed by atoms with van der Waals surface area (Å²) in [5.74, 6) is -0.540. The Balaban J connectivity index is 2.31. The molecule has 0 aliphatic carbocycles. The molecule has 0 unspecified atom stereocenters. The van der Waals surface area contributed by atoms with Crippen molar-refractivity contribution in [3.8, 4) is 5.75 Å². The molecule has 2 rings (SSSR count). The summed E-state index contributed by atoms with van der Waals surface area (Å²) < 4.78 is 18.3. The Bertz CT molecular complexity index is 704. The van der Waals surface area contributed by atoms with Crippen LogP contribution in [0.3, 0.4) is 0 Å². The van der Waals surface area contributed by atoms with Gasteiger partial charge in [-0.25, -0.2) is 4.39 Å². The van der Waals surface area contributed by atoms with Crippen LogP contribution in [0.2, 0.25) is 5.02 Å². The van der Waals surface area contributed by atoms with Gasteiger partial charge in [-0.2, -0.15) is 0 Å². The third-order valence-electron chi connectivity index (χ3n) is 2.99. The number of amides is 1. The van der Waals surface area contributed by atoms with Gasteiger partial charge in [-0.05, 0) is 36.8 Å². The first kappa shape index (κ1) is 15.1. The third kappa shape index (κ3) is 3.25. The second kappa shape index (κ2) is 6.01. The van der Waals surface area contributed by atoms with E-state index in [1.54, 1.807) is 12.1 Å². The van der Waals surface area contributed by atoms with Gasteiger partial charge >= 0.3 is 0 Å². The van der Waals surface area contributed by atoms with Crippen LogP contribution in [0, 0.1) is 12.7 Å². The fourth-order valence-electron chi connectivity index (χ4n) is 1.81. The van der Waals surface area contributed by atoms with Crippen LogP contribution < -0.4 is 15.8 Å². The highest BCUT2D eigenvalue weighted by Crippen LogP contribution is 2.31. The Hall–Kier alpha value is -2.27. The number of hydrogen-bond acceptors (Lipinski definition) is 3. The minimum absolute atomic E-state index is 0.0816. The van der Waals surface area contributed by atoms with Crippen LogP contribution in [0.4, 0.5) is 15.8 Å². The molecule has 3 N–H and O–H groups in total. The van der Waals surface area contributed by atoms with E-state index in [2.05, 4.69) is 5.32 Å². The van der Waals surface area contributed by atoms with Gasteiger partial charge in [-0.3, -0.25) is 4.79 Å². The largest absolute Gasteiger partial charge is 0.495 e. The maximum atomic E-state index is 13.1. The molecule has 110 valence electrons. The minimum Gasteiger partial charge on any atom is -0.495 e. The maximum Gasteiger partial charge on any atom is 0.255 e. The SMILES string of the molecule is COc1cc(Cl)c(C)cc1NC(=O)c1ccc(F)c(N)c1. The minimum atomic E-state index is -0.563. The van der Waals surface area contributed by atoms with Crippen molar-refractivity contribution in [3.05, 3.63) is 52.3 Å². The molecule has 0 saturated heterocycles. The highest BCUT2D eigenvalue weighted by Gasteiger charge is 2.13. The molecule has 4 nitrogen and oxygen atoms in total. The second-order valence-corrected chi connectivity index (χ2v) is 4.90. The third-order valence-corrected chi connectivity index (χ3v) is 3.39. The van der Waals surface area contributed by atoms with Crippen molar-refractivity contribution in [2.75, 3.05) is 18.2 Å². The Morgan fingerprint density at radius 2 is 2.05 bits per heavy atom. The van der Waals surface area contributed by atoms with Crippen LogP contribution in [0.15, 0.2) is 30.3 Å². The van der Waals surface area contributed by atoms with Crippen LogP contribution in [0.25, 0.3) is 0 Å². The number of nitrogens with one attached hydrogen (secondary N) is 1. The van der Waals surface area contributed by atoms with Gasteiger partial charge in [0, 0.05) is 16.7 Å². The second-order valence-electron chi connectivity index (χ2n) is 4.49. The van der Waals surface area contributed by atoms with E-state index in [-0.39, 0.29) is 11.3 Å². The van der Waals surface area contributed by atoms with E-state index in [1.165, 1.54) is 19.2 Å². The van der Waals surface area contributed by atoms with E-state index in [9.17, 15) is 9.18 Å². The monoisotopic (exact) mass is 308 g/mol. The summed E-state index contributed by atoms with van der Waals surface area (Å²) >= 11 is 6.01. The average Bonchev–Trinajstić information content (AvgIpc) is 2.45. The molecule has 0 aromatic heterocycles. The zero-order valence-electron chi connectivity index (χ0n) is 11.5. The number of methoxy groups -OCH3 is 1. The number of nitrogen functional groups attached to an aromatic ring is 1. The topological polar surface area (TPSA) is 64.3 Å². The summed E-state index contributed by atoms with van der Waals surface area (Å²) in [6.07, 6.45) is 0. The fourth-order valence-corrected chi connectivity index (χ4v) is 1.96. The molecule has 0 atom stereocenters. The van der Waals surface area contributed by atoms with E-state index in [4.69, 9.17) is 22.1 Å². The van der Waals surface area contributed by atoms with E-state index in [0.717, 1.165) is 11.6 Å². The Morgan fingerprint density at radius 1 is 1.33 bits per heavy atom. The molecule has 6 heteroatoms. The molecule has 0 aliphatic rings. The van der Waals surface area contributed by atoms with Crippen molar-refractivity contribution >= 4 is 28.9 Å². The lowest BCUT2D eigenvalue weighted by molar-refractivity contribution is 0.102. The number of halogens is 2. The average molecular weight is 309 g/mol. The quantitative estimate of drug-likeness (QED) is 0.851. The Kier molecular flexibility index (Phi) is 4.33. The predicted octanol–water partition coefficient (Wildman–Crippen LogP) is 3.63. The summed E-state index contributed by atoms with van der Waals surface area (Å²) in [4.78, 5) is 12.2. The molecular formula is C15H14ClFN2O2. The molecule has 0 saturated carbocycles. The molecule has 0 radical (unpaired) electrons. The molecule has 0 bridgehead atoms. The van der Waals surface area contributed by atoms with E-state index >= 15 is 0 Å². The highest BCUT2D eigenvalue weighted by atomic mass is 35.5. The number of ether oxygens (including phenoxy) is 1. The van der Waals surface area contributed by atoms with Crippen LogP contribution in [0.5, 0.6) is 5.75 Å². The predicted molar refractivity (Wildman–Crippen MR) is 81.5 cm³/mol. The Labute approximate surface area is 126 Å². The lowest BCUT2D eigenvalue weighted by Gasteiger charge is -2.12. The standard InChI is InChI=1S/C15H14ClFN2O2/c1-8-5-13(14(21-2)7-10(8)16)19-15(20)9-3-4-11(17)12(18)6-9/h3-7H,18H2,1-2H3,(H,19,20). The van der Waals surface area contributed by atoms with Gasteiger partial charge in [0.2, 0.25) is 0 Å². The van der Waals surface area contributed by atoms with Crippen molar-refractivity contribution < 1.29 is 13.9 Å². The first-order valence-corrected chi connectivity index (χ1v) is 6.50. The number of carbonyl (C=O) groups is 1. The summed E-state index contributed by atoms with van der Waals surface area (Å²) in [7, 11) is 1.48. The lowest BCUT2D eigenvalue weighted by atomic mass is 10.1. The van der Waals surface area contributed by atoms with Gasteiger partial charge < -0.3 is 15.8 Å². The number of aryl methyl sites for hydroxylation is 1. The van der Waals surface area contributed by atoms with Gasteiger partial charge in [0.1, 0.15) is 11.6 Å². The molecule has 0 heterocycles. The summed E-state index contributed by atoms with van der Waals surface area (Å²) in [6, 6.07) is 7.10. The number of carbonyl (C=O) groups excluding carboxylic acids is 1. The van der Waals surface area contributed by atoms with Gasteiger partial charge in [0.05, 0.1) is 18.5 Å². The number of anilines is 2. The summed E-state index contributed by atoms with van der Waals surface area (Å²) in [5.41, 5.74) is 6.90. The molecule has 2 aromatic carbocycles. The van der Waals surface area contributed by atoms with Crippen molar-refractivity contribution in [2.45, 2.75) is 6.92 Å². The van der Waals surface area contributed by atoms with Crippen LogP contribution >= 0.6 is 11.6 Å². The van der Waals surface area contributed by atoms with E-state index < -0.39 is 11.7 Å². The van der Waals surface area contributed by atoms with Gasteiger partial charge in [-0.1, -0.05) is 11.6 Å². The van der Waals surface area contributed by atoms with Gasteiger partial charge in [-0.15, -0.1) is 0 Å². The van der Waals surface area contributed by atoms with Gasteiger partial charge in [0.15, 0.2) is 0 Å². The fraction of sp³-hybridized carbons (Fsp3) is 0.133. The molecule has 0 spiro atoms. The van der Waals surface area contributed by atoms with Crippen LogP contribution in [-0.2, 0) is 0 Å². The van der Waals surface area contributed by atoms with Crippen molar-refractivity contribution in [3.63, 3.8) is 0 Å². The number of benzene rings is 2. The first-order chi connectivity index (χ1) is 9.92. The molecular weight excluding hydrogens is 295 g/mol. The van der Waals surface area contributed by atoms with E-state index in [1.807, 2.05) is 6.92 Å². The zero-order chi connectivity index (χ0) is 15.6. The molecule has 1 amide bonds. The molecule has 0 aliphatic heterocycles. The number of rotatable bonds is 3. The summed E-state index contributed by atoms with van der Waals surface area (Å²) in [5, 5.41) is 3.23. The van der Waals surface area contributed by atoms with Crippen LogP contribution in [-0.4, -0.2) is 13.0 Å². The summed E-state index contributed by atoms with van der Waals surface area (Å²) in [6.45, 7) is 1.81. The van der Waals surface area contributed by atoms with Crippen molar-refractivity contribution in [1.29, 1.82) is 0 Å². The van der Waals surface area contributed by atoms with Crippen LogP contribution in [0.1, 0.15) is 15.9 Å². The first-order valence-electron chi connectivity index (χ1n) is 6.13. The maximum absolute atomic E-state index is 13.1. The van der Waals surface area contributed by atoms with E-state index in [0.29, 0.717) is 16.5 Å². The molecule has 0 fully saturated rings. The number of nitrogens with two attached hydrogens (primary N) is 1. The van der Waals surface area contributed by atoms with Crippen molar-refractivity contribution in [2.24, 2.45) is 0 Å². The van der Waals surface area contributed by atoms with Gasteiger partial charge in [0.25, 0.3) is 5.91 Å². The molecule has 21 heavy (non-hydrogen) atoms. The normalized spacial score (nSPS) is 10.3. The smallest absolute Gasteiger partial charge is 0.255 e. The number of hydrogen-bond donors (Lipinski definition) is 2. The Morgan fingerprint density at radius 3 is 2.67 bits per heavy atom. The highest BCUT2D eigenvalue weighted by molar-refractivity contribution is 6.31. The molecule has 2 aromatic rings. The van der Waals surface area contributed by atoms with Crippen molar-refractivity contribution in [1.82, 2.24) is 0 Å².